The lowest BCUT2D eigenvalue weighted by Gasteiger charge is -2.22. The zero-order chi connectivity index (χ0) is 16.1. The van der Waals surface area contributed by atoms with E-state index in [2.05, 4.69) is 22.8 Å². The Labute approximate surface area is 153 Å². The molecule has 1 atom stereocenters. The first-order valence-corrected chi connectivity index (χ1v) is 9.18. The van der Waals surface area contributed by atoms with Crippen LogP contribution < -0.4 is 11.1 Å². The van der Waals surface area contributed by atoms with Crippen molar-refractivity contribution in [3.63, 3.8) is 0 Å². The highest BCUT2D eigenvalue weighted by atomic mass is 35.5. The van der Waals surface area contributed by atoms with Crippen molar-refractivity contribution in [2.75, 3.05) is 19.8 Å². The Morgan fingerprint density at radius 1 is 1.33 bits per heavy atom. The highest BCUT2D eigenvalue weighted by molar-refractivity contribution is 7.17. The topological polar surface area (TPSA) is 64.4 Å². The molecule has 3 N–H and O–H groups in total. The molecule has 0 spiro atoms. The predicted octanol–water partition coefficient (Wildman–Crippen LogP) is 3.13. The number of rotatable bonds is 6. The number of nitrogens with one attached hydrogen (secondary N) is 1. The fraction of sp³-hybridized carbons (Fsp3) is 0.500. The van der Waals surface area contributed by atoms with Gasteiger partial charge < -0.3 is 15.8 Å². The van der Waals surface area contributed by atoms with Gasteiger partial charge in [-0.25, -0.2) is 0 Å². The van der Waals surface area contributed by atoms with Gasteiger partial charge in [0.2, 0.25) is 5.91 Å². The van der Waals surface area contributed by atoms with E-state index in [9.17, 15) is 4.79 Å². The Morgan fingerprint density at radius 3 is 2.88 bits per heavy atom. The van der Waals surface area contributed by atoms with E-state index in [1.807, 2.05) is 12.1 Å². The Kier molecular flexibility index (Phi) is 7.49. The van der Waals surface area contributed by atoms with Gasteiger partial charge in [0.25, 0.3) is 0 Å². The van der Waals surface area contributed by atoms with Gasteiger partial charge in [-0.1, -0.05) is 18.2 Å². The molecule has 2 aromatic rings. The second kappa shape index (κ2) is 9.37. The van der Waals surface area contributed by atoms with Crippen LogP contribution in [-0.2, 0) is 16.0 Å². The van der Waals surface area contributed by atoms with Crippen LogP contribution in [0.3, 0.4) is 0 Å². The third-order valence-electron chi connectivity index (χ3n) is 4.53. The van der Waals surface area contributed by atoms with Gasteiger partial charge in [-0.05, 0) is 54.0 Å². The van der Waals surface area contributed by atoms with E-state index in [1.165, 1.54) is 10.1 Å². The fourth-order valence-electron chi connectivity index (χ4n) is 3.09. The standard InChI is InChI=1S/C18H24N2O2S.ClH/c19-16(11-14-12-23-17-4-2-1-3-15(14)17)18(21)20-8-5-13-6-9-22-10-7-13;/h1-4,12-13,16H,5-11,19H2,(H,20,21);1H/t16-;/m0./s1. The second-order valence-electron chi connectivity index (χ2n) is 6.20. The number of carbonyl (C=O) groups excluding carboxylic acids is 1. The summed E-state index contributed by atoms with van der Waals surface area (Å²) in [5, 5.41) is 6.31. The quantitative estimate of drug-likeness (QED) is 0.823. The first-order valence-electron chi connectivity index (χ1n) is 8.30. The average Bonchev–Trinajstić information content (AvgIpc) is 2.99. The van der Waals surface area contributed by atoms with Crippen LogP contribution in [0, 0.1) is 5.92 Å². The molecule has 6 heteroatoms. The van der Waals surface area contributed by atoms with Gasteiger partial charge in [-0.2, -0.15) is 0 Å². The molecule has 2 heterocycles. The molecule has 1 aliphatic rings. The molecule has 24 heavy (non-hydrogen) atoms. The second-order valence-corrected chi connectivity index (χ2v) is 7.11. The Hall–Kier alpha value is -1.14. The molecule has 1 aliphatic heterocycles. The number of hydrogen-bond donors (Lipinski definition) is 2. The van der Waals surface area contributed by atoms with Crippen molar-refractivity contribution in [3.8, 4) is 0 Å². The molecule has 0 unspecified atom stereocenters. The molecule has 3 rings (SSSR count). The Morgan fingerprint density at radius 2 is 2.08 bits per heavy atom. The minimum atomic E-state index is -0.484. The summed E-state index contributed by atoms with van der Waals surface area (Å²) in [4.78, 5) is 12.2. The fourth-order valence-corrected chi connectivity index (χ4v) is 4.06. The first-order chi connectivity index (χ1) is 11.2. The summed E-state index contributed by atoms with van der Waals surface area (Å²) in [6.45, 7) is 2.41. The summed E-state index contributed by atoms with van der Waals surface area (Å²) >= 11 is 1.71. The van der Waals surface area contributed by atoms with Gasteiger partial charge >= 0.3 is 0 Å². The van der Waals surface area contributed by atoms with E-state index in [0.717, 1.165) is 38.0 Å². The number of thiophene rings is 1. The zero-order valence-corrected chi connectivity index (χ0v) is 15.3. The van der Waals surface area contributed by atoms with Crippen molar-refractivity contribution in [3.05, 3.63) is 35.2 Å². The van der Waals surface area contributed by atoms with E-state index in [1.54, 1.807) is 11.3 Å². The summed E-state index contributed by atoms with van der Waals surface area (Å²) in [5.74, 6) is 0.619. The van der Waals surface area contributed by atoms with Crippen LogP contribution in [0.4, 0.5) is 0 Å². The molecule has 4 nitrogen and oxygen atoms in total. The number of ether oxygens (including phenoxy) is 1. The number of halogens is 1. The Balaban J connectivity index is 0.00000208. The van der Waals surface area contributed by atoms with Crippen LogP contribution in [0.15, 0.2) is 29.6 Å². The van der Waals surface area contributed by atoms with Crippen molar-refractivity contribution < 1.29 is 9.53 Å². The van der Waals surface area contributed by atoms with Crippen molar-refractivity contribution in [1.82, 2.24) is 5.32 Å². The molecule has 0 radical (unpaired) electrons. The van der Waals surface area contributed by atoms with E-state index in [4.69, 9.17) is 10.5 Å². The molecule has 1 aromatic heterocycles. The molecule has 132 valence electrons. The third-order valence-corrected chi connectivity index (χ3v) is 5.54. The lowest BCUT2D eigenvalue weighted by Crippen LogP contribution is -2.42. The van der Waals surface area contributed by atoms with Crippen LogP contribution >= 0.6 is 23.7 Å². The summed E-state index contributed by atoms with van der Waals surface area (Å²) in [6, 6.07) is 7.77. The van der Waals surface area contributed by atoms with Crippen molar-refractivity contribution >= 4 is 39.7 Å². The van der Waals surface area contributed by atoms with Crippen molar-refractivity contribution in [2.24, 2.45) is 11.7 Å². The average molecular weight is 369 g/mol. The molecular formula is C18H25ClN2O2S. The highest BCUT2D eigenvalue weighted by Crippen LogP contribution is 2.26. The molecule has 0 aliphatic carbocycles. The van der Waals surface area contributed by atoms with E-state index in [-0.39, 0.29) is 18.3 Å². The number of amides is 1. The normalized spacial score (nSPS) is 16.5. The van der Waals surface area contributed by atoms with Gasteiger partial charge in [0.15, 0.2) is 0 Å². The number of hydrogen-bond acceptors (Lipinski definition) is 4. The monoisotopic (exact) mass is 368 g/mol. The summed E-state index contributed by atoms with van der Waals surface area (Å²) in [5.41, 5.74) is 7.26. The van der Waals surface area contributed by atoms with Crippen molar-refractivity contribution in [1.29, 1.82) is 0 Å². The third kappa shape index (κ3) is 4.93. The van der Waals surface area contributed by atoms with Crippen LogP contribution in [0.2, 0.25) is 0 Å². The highest BCUT2D eigenvalue weighted by Gasteiger charge is 2.17. The molecule has 0 bridgehead atoms. The lowest BCUT2D eigenvalue weighted by atomic mass is 9.96. The summed E-state index contributed by atoms with van der Waals surface area (Å²) in [7, 11) is 0. The zero-order valence-electron chi connectivity index (χ0n) is 13.7. The van der Waals surface area contributed by atoms with E-state index in [0.29, 0.717) is 18.9 Å². The molecular weight excluding hydrogens is 344 g/mol. The predicted molar refractivity (Wildman–Crippen MR) is 102 cm³/mol. The smallest absolute Gasteiger partial charge is 0.237 e. The van der Waals surface area contributed by atoms with Crippen LogP contribution in [0.1, 0.15) is 24.8 Å². The number of fused-ring (bicyclic) bond motifs is 1. The maximum atomic E-state index is 12.2. The van der Waals surface area contributed by atoms with Gasteiger partial charge in [-0.15, -0.1) is 23.7 Å². The van der Waals surface area contributed by atoms with Gasteiger partial charge in [0, 0.05) is 24.5 Å². The maximum absolute atomic E-state index is 12.2. The van der Waals surface area contributed by atoms with Gasteiger partial charge in [0.05, 0.1) is 6.04 Å². The largest absolute Gasteiger partial charge is 0.381 e. The number of nitrogens with two attached hydrogens (primary N) is 1. The number of carbonyl (C=O) groups is 1. The van der Waals surface area contributed by atoms with Crippen LogP contribution in [0.25, 0.3) is 10.1 Å². The first kappa shape index (κ1) is 19.2. The van der Waals surface area contributed by atoms with Gasteiger partial charge in [0.1, 0.15) is 0 Å². The summed E-state index contributed by atoms with van der Waals surface area (Å²) in [6.07, 6.45) is 3.81. The molecule has 1 aromatic carbocycles. The molecule has 1 fully saturated rings. The molecule has 1 amide bonds. The molecule has 0 saturated carbocycles. The van der Waals surface area contributed by atoms with Crippen LogP contribution in [-0.4, -0.2) is 31.7 Å². The maximum Gasteiger partial charge on any atom is 0.237 e. The van der Waals surface area contributed by atoms with Crippen molar-refractivity contribution in [2.45, 2.75) is 31.7 Å². The lowest BCUT2D eigenvalue weighted by molar-refractivity contribution is -0.122. The van der Waals surface area contributed by atoms with Gasteiger partial charge in [-0.3, -0.25) is 4.79 Å². The molecule has 1 saturated heterocycles. The van der Waals surface area contributed by atoms with E-state index >= 15 is 0 Å². The summed E-state index contributed by atoms with van der Waals surface area (Å²) < 4.78 is 6.60. The van der Waals surface area contributed by atoms with Crippen LogP contribution in [0.5, 0.6) is 0 Å². The minimum Gasteiger partial charge on any atom is -0.381 e. The number of benzene rings is 1. The van der Waals surface area contributed by atoms with E-state index < -0.39 is 6.04 Å². The SMILES string of the molecule is Cl.N[C@@H](Cc1csc2ccccc12)C(=O)NCCC1CCOCC1. The Bertz CT molecular complexity index is 655. The minimum absolute atomic E-state index is 0.